The lowest BCUT2D eigenvalue weighted by atomic mass is 10.0. The number of ether oxygens (including phenoxy) is 1. The summed E-state index contributed by atoms with van der Waals surface area (Å²) in [5, 5.41) is 15.1. The zero-order valence-electron chi connectivity index (χ0n) is 16.9. The van der Waals surface area contributed by atoms with Crippen molar-refractivity contribution in [3.05, 3.63) is 65.4 Å². The topological polar surface area (TPSA) is 64.3 Å². The van der Waals surface area contributed by atoms with Gasteiger partial charge in [-0.25, -0.2) is 0 Å². The number of nitrogens with zero attached hydrogens (tertiary/aromatic N) is 2. The molecule has 0 aliphatic heterocycles. The molecule has 1 fully saturated rings. The monoisotopic (exact) mass is 390 g/mol. The lowest BCUT2D eigenvalue weighted by Crippen LogP contribution is -2.05. The molecule has 2 aromatic carbocycles. The van der Waals surface area contributed by atoms with E-state index in [0.717, 1.165) is 29.1 Å². The van der Waals surface area contributed by atoms with Gasteiger partial charge in [0.2, 0.25) is 0 Å². The summed E-state index contributed by atoms with van der Waals surface area (Å²) in [7, 11) is 0. The SMILES string of the molecule is C/C=C(\C)c1ccc2c(c1)c(COc1ccccc1CC(=O)O)nn2CC1CC1. The molecule has 0 radical (unpaired) electrons. The molecule has 5 heteroatoms. The summed E-state index contributed by atoms with van der Waals surface area (Å²) >= 11 is 0. The minimum atomic E-state index is -0.869. The molecule has 0 bridgehead atoms. The van der Waals surface area contributed by atoms with Gasteiger partial charge in [-0.2, -0.15) is 5.10 Å². The summed E-state index contributed by atoms with van der Waals surface area (Å²) in [5.74, 6) is 0.451. The molecule has 29 heavy (non-hydrogen) atoms. The molecule has 1 heterocycles. The highest BCUT2D eigenvalue weighted by Gasteiger charge is 2.24. The van der Waals surface area contributed by atoms with E-state index in [1.54, 1.807) is 6.07 Å². The number of hydrogen-bond donors (Lipinski definition) is 1. The van der Waals surface area contributed by atoms with Gasteiger partial charge in [-0.3, -0.25) is 9.48 Å². The highest BCUT2D eigenvalue weighted by molar-refractivity contribution is 5.86. The number of para-hydroxylation sites is 1. The van der Waals surface area contributed by atoms with Crippen LogP contribution in [-0.4, -0.2) is 20.9 Å². The fourth-order valence-electron chi connectivity index (χ4n) is 3.55. The van der Waals surface area contributed by atoms with Gasteiger partial charge in [0, 0.05) is 17.5 Å². The Morgan fingerprint density at radius 2 is 2.07 bits per heavy atom. The minimum absolute atomic E-state index is 0.0579. The predicted octanol–water partition coefficient (Wildman–Crippen LogP) is 5.08. The van der Waals surface area contributed by atoms with Crippen LogP contribution in [0.1, 0.15) is 43.5 Å². The smallest absolute Gasteiger partial charge is 0.307 e. The van der Waals surface area contributed by atoms with Crippen LogP contribution >= 0.6 is 0 Å². The molecule has 0 atom stereocenters. The Morgan fingerprint density at radius 3 is 2.79 bits per heavy atom. The van der Waals surface area contributed by atoms with Crippen molar-refractivity contribution in [2.75, 3.05) is 0 Å². The number of carboxylic acid groups (broad SMARTS) is 1. The lowest BCUT2D eigenvalue weighted by molar-refractivity contribution is -0.136. The molecule has 1 saturated carbocycles. The second-order valence-electron chi connectivity index (χ2n) is 7.74. The third kappa shape index (κ3) is 4.34. The standard InChI is InChI=1S/C24H26N2O3/c1-3-16(2)18-10-11-22-20(12-18)21(25-26(22)14-17-8-9-17)15-29-23-7-5-4-6-19(23)13-24(27)28/h3-7,10-12,17H,8-9,13-15H2,1-2H3,(H,27,28)/b16-3+. The third-order valence-electron chi connectivity index (χ3n) is 5.52. The van der Waals surface area contributed by atoms with E-state index in [0.29, 0.717) is 17.9 Å². The Bertz CT molecular complexity index is 1080. The first-order chi connectivity index (χ1) is 14.0. The van der Waals surface area contributed by atoms with Gasteiger partial charge >= 0.3 is 5.97 Å². The quantitative estimate of drug-likeness (QED) is 0.583. The number of fused-ring (bicyclic) bond motifs is 1. The summed E-state index contributed by atoms with van der Waals surface area (Å²) in [6.07, 6.45) is 4.59. The number of aliphatic carboxylic acids is 1. The van der Waals surface area contributed by atoms with Gasteiger partial charge in [-0.05, 0) is 61.9 Å². The van der Waals surface area contributed by atoms with Crippen LogP contribution < -0.4 is 4.74 Å². The van der Waals surface area contributed by atoms with E-state index < -0.39 is 5.97 Å². The minimum Gasteiger partial charge on any atom is -0.487 e. The molecule has 0 amide bonds. The normalized spacial score (nSPS) is 14.3. The van der Waals surface area contributed by atoms with E-state index in [1.807, 2.05) is 25.1 Å². The number of carbonyl (C=O) groups is 1. The van der Waals surface area contributed by atoms with Crippen molar-refractivity contribution in [2.45, 2.75) is 46.3 Å². The van der Waals surface area contributed by atoms with Crippen LogP contribution in [0.2, 0.25) is 0 Å². The van der Waals surface area contributed by atoms with Crippen LogP contribution in [-0.2, 0) is 24.4 Å². The molecule has 4 rings (SSSR count). The Morgan fingerprint density at radius 1 is 1.28 bits per heavy atom. The molecule has 1 aliphatic carbocycles. The number of benzene rings is 2. The number of aromatic nitrogens is 2. The van der Waals surface area contributed by atoms with Gasteiger partial charge in [-0.1, -0.05) is 30.3 Å². The number of hydrogen-bond acceptors (Lipinski definition) is 3. The van der Waals surface area contributed by atoms with Crippen molar-refractivity contribution >= 4 is 22.4 Å². The second kappa shape index (κ2) is 8.11. The van der Waals surface area contributed by atoms with Crippen LogP contribution in [0.25, 0.3) is 16.5 Å². The molecule has 150 valence electrons. The van der Waals surface area contributed by atoms with Crippen LogP contribution in [0.4, 0.5) is 0 Å². The molecule has 1 aromatic heterocycles. The summed E-state index contributed by atoms with van der Waals surface area (Å²) in [4.78, 5) is 11.1. The third-order valence-corrected chi connectivity index (χ3v) is 5.52. The number of rotatable bonds is 8. The van der Waals surface area contributed by atoms with E-state index in [9.17, 15) is 4.79 Å². The van der Waals surface area contributed by atoms with Gasteiger partial charge in [0.05, 0.1) is 11.9 Å². The maximum atomic E-state index is 11.1. The first-order valence-corrected chi connectivity index (χ1v) is 10.1. The average Bonchev–Trinajstić information content (AvgIpc) is 3.47. The van der Waals surface area contributed by atoms with Crippen LogP contribution in [0.3, 0.4) is 0 Å². The highest BCUT2D eigenvalue weighted by atomic mass is 16.5. The van der Waals surface area contributed by atoms with E-state index in [4.69, 9.17) is 14.9 Å². The first-order valence-electron chi connectivity index (χ1n) is 10.1. The predicted molar refractivity (Wildman–Crippen MR) is 114 cm³/mol. The van der Waals surface area contributed by atoms with Gasteiger partial charge < -0.3 is 9.84 Å². The Kier molecular flexibility index (Phi) is 5.38. The van der Waals surface area contributed by atoms with Crippen LogP contribution in [0, 0.1) is 5.92 Å². The van der Waals surface area contributed by atoms with Gasteiger partial charge in [0.15, 0.2) is 0 Å². The second-order valence-corrected chi connectivity index (χ2v) is 7.74. The molecule has 1 N–H and O–H groups in total. The Hall–Kier alpha value is -3.08. The van der Waals surface area contributed by atoms with Crippen molar-refractivity contribution in [1.82, 2.24) is 9.78 Å². The van der Waals surface area contributed by atoms with E-state index in [-0.39, 0.29) is 6.42 Å². The van der Waals surface area contributed by atoms with Crippen molar-refractivity contribution in [3.8, 4) is 5.75 Å². The summed E-state index contributed by atoms with van der Waals surface area (Å²) in [6.45, 7) is 5.39. The number of allylic oxidation sites excluding steroid dienone is 2. The molecular formula is C24H26N2O3. The Balaban J connectivity index is 1.66. The summed E-state index contributed by atoms with van der Waals surface area (Å²) in [5.41, 5.74) is 5.09. The molecular weight excluding hydrogens is 364 g/mol. The van der Waals surface area contributed by atoms with Crippen LogP contribution in [0.15, 0.2) is 48.5 Å². The van der Waals surface area contributed by atoms with Crippen molar-refractivity contribution < 1.29 is 14.6 Å². The zero-order valence-corrected chi connectivity index (χ0v) is 16.9. The molecule has 1 aliphatic rings. The first kappa shape index (κ1) is 19.2. The van der Waals surface area contributed by atoms with Crippen molar-refractivity contribution in [2.24, 2.45) is 5.92 Å². The molecule has 0 saturated heterocycles. The number of carboxylic acids is 1. The molecule has 5 nitrogen and oxygen atoms in total. The molecule has 0 unspecified atom stereocenters. The maximum absolute atomic E-state index is 11.1. The fourth-order valence-corrected chi connectivity index (χ4v) is 3.55. The van der Waals surface area contributed by atoms with Gasteiger partial charge in [0.25, 0.3) is 0 Å². The highest BCUT2D eigenvalue weighted by Crippen LogP contribution is 2.33. The summed E-state index contributed by atoms with van der Waals surface area (Å²) in [6, 6.07) is 13.8. The van der Waals surface area contributed by atoms with E-state index >= 15 is 0 Å². The largest absolute Gasteiger partial charge is 0.487 e. The van der Waals surface area contributed by atoms with Crippen molar-refractivity contribution in [3.63, 3.8) is 0 Å². The lowest BCUT2D eigenvalue weighted by Gasteiger charge is -2.09. The fraction of sp³-hybridized carbons (Fsp3) is 0.333. The van der Waals surface area contributed by atoms with E-state index in [2.05, 4.69) is 35.9 Å². The van der Waals surface area contributed by atoms with E-state index in [1.165, 1.54) is 24.0 Å². The van der Waals surface area contributed by atoms with Crippen molar-refractivity contribution in [1.29, 1.82) is 0 Å². The Labute approximate surface area is 170 Å². The zero-order chi connectivity index (χ0) is 20.4. The maximum Gasteiger partial charge on any atom is 0.307 e. The molecule has 0 spiro atoms. The summed E-state index contributed by atoms with van der Waals surface area (Å²) < 4.78 is 8.14. The van der Waals surface area contributed by atoms with Gasteiger partial charge in [-0.15, -0.1) is 0 Å². The van der Waals surface area contributed by atoms with Crippen LogP contribution in [0.5, 0.6) is 5.75 Å². The average molecular weight is 390 g/mol. The molecule has 3 aromatic rings. The van der Waals surface area contributed by atoms with Gasteiger partial charge in [0.1, 0.15) is 18.1 Å².